The van der Waals surface area contributed by atoms with Crippen molar-refractivity contribution in [2.24, 2.45) is 11.8 Å². The van der Waals surface area contributed by atoms with Gasteiger partial charge in [-0.2, -0.15) is 0 Å². The summed E-state index contributed by atoms with van der Waals surface area (Å²) in [4.78, 5) is 2.35. The van der Waals surface area contributed by atoms with Gasteiger partial charge in [-0.05, 0) is 57.3 Å². The Labute approximate surface area is 101 Å². The molecule has 1 aliphatic heterocycles. The third-order valence-electron chi connectivity index (χ3n) is 3.80. The maximum absolute atomic E-state index is 5.35. The molecule has 1 aliphatic rings. The maximum atomic E-state index is 5.35. The van der Waals surface area contributed by atoms with Gasteiger partial charge in [0.05, 0.1) is 6.54 Å². The zero-order valence-corrected chi connectivity index (χ0v) is 10.8. The Hall–Kier alpha value is -0.520. The van der Waals surface area contributed by atoms with Gasteiger partial charge >= 0.3 is 0 Å². The number of nitrogens with zero attached hydrogens (tertiary/aromatic N) is 1. The molecule has 2 nitrogen and oxygen atoms in total. The van der Waals surface area contributed by atoms with Crippen LogP contribution in [0.3, 0.4) is 0 Å². The molecule has 1 saturated heterocycles. The Morgan fingerprint density at radius 1 is 1.56 bits per heavy atom. The van der Waals surface area contributed by atoms with Crippen LogP contribution in [0.5, 0.6) is 0 Å². The van der Waals surface area contributed by atoms with Gasteiger partial charge in [-0.25, -0.2) is 0 Å². The van der Waals surface area contributed by atoms with Gasteiger partial charge in [-0.1, -0.05) is 19.8 Å². The lowest BCUT2D eigenvalue weighted by molar-refractivity contribution is 0.229. The quantitative estimate of drug-likeness (QED) is 0.691. The van der Waals surface area contributed by atoms with Crippen LogP contribution in [-0.4, -0.2) is 37.6 Å². The molecule has 0 spiro atoms. The second-order valence-corrected chi connectivity index (χ2v) is 4.95. The average molecular weight is 222 g/mol. The monoisotopic (exact) mass is 222 g/mol. The zero-order valence-electron chi connectivity index (χ0n) is 10.8. The van der Waals surface area contributed by atoms with Crippen LogP contribution in [0.25, 0.3) is 0 Å². The van der Waals surface area contributed by atoms with Crippen LogP contribution in [0.15, 0.2) is 0 Å². The topological polar surface area (TPSA) is 15.3 Å². The molecule has 2 unspecified atom stereocenters. The smallest absolute Gasteiger partial charge is 0.0598 e. The summed E-state index contributed by atoms with van der Waals surface area (Å²) in [7, 11) is 0. The van der Waals surface area contributed by atoms with Gasteiger partial charge in [-0.3, -0.25) is 4.90 Å². The SMILES string of the molecule is C#CCN(CC)CCC(C)C1CCCNC1. The molecule has 1 fully saturated rings. The number of terminal acetylenes is 1. The van der Waals surface area contributed by atoms with Crippen LogP contribution in [0, 0.1) is 24.2 Å². The lowest BCUT2D eigenvalue weighted by Gasteiger charge is -2.29. The number of hydrogen-bond acceptors (Lipinski definition) is 2. The van der Waals surface area contributed by atoms with E-state index in [1.807, 2.05) is 0 Å². The fourth-order valence-corrected chi connectivity index (χ4v) is 2.46. The summed E-state index contributed by atoms with van der Waals surface area (Å²) in [5, 5.41) is 3.50. The largest absolute Gasteiger partial charge is 0.316 e. The minimum atomic E-state index is 0.798. The molecule has 0 aromatic heterocycles. The third kappa shape index (κ3) is 4.55. The van der Waals surface area contributed by atoms with Crippen molar-refractivity contribution in [3.63, 3.8) is 0 Å². The van der Waals surface area contributed by atoms with Crippen molar-refractivity contribution in [1.82, 2.24) is 10.2 Å². The fourth-order valence-electron chi connectivity index (χ4n) is 2.46. The van der Waals surface area contributed by atoms with Crippen molar-refractivity contribution in [2.45, 2.75) is 33.1 Å². The summed E-state index contributed by atoms with van der Waals surface area (Å²) in [5.74, 6) is 4.43. The predicted molar refractivity (Wildman–Crippen MR) is 70.3 cm³/mol. The molecule has 2 heteroatoms. The van der Waals surface area contributed by atoms with Crippen molar-refractivity contribution in [1.29, 1.82) is 0 Å². The summed E-state index contributed by atoms with van der Waals surface area (Å²) in [6.07, 6.45) is 9.37. The molecule has 0 aliphatic carbocycles. The highest BCUT2D eigenvalue weighted by molar-refractivity contribution is 4.88. The molecule has 0 saturated carbocycles. The lowest BCUT2D eigenvalue weighted by atomic mass is 9.85. The van der Waals surface area contributed by atoms with E-state index in [9.17, 15) is 0 Å². The van der Waals surface area contributed by atoms with E-state index in [0.29, 0.717) is 0 Å². The molecule has 0 aromatic carbocycles. The molecular weight excluding hydrogens is 196 g/mol. The molecule has 0 amide bonds. The van der Waals surface area contributed by atoms with Gasteiger partial charge < -0.3 is 5.32 Å². The average Bonchev–Trinajstić information content (AvgIpc) is 2.35. The van der Waals surface area contributed by atoms with Crippen LogP contribution in [0.4, 0.5) is 0 Å². The van der Waals surface area contributed by atoms with E-state index in [2.05, 4.69) is 30.0 Å². The molecule has 0 bridgehead atoms. The standard InChI is InChI=1S/C14H26N2/c1-4-10-16(5-2)11-8-13(3)14-7-6-9-15-12-14/h1,13-15H,5-12H2,2-3H3. The van der Waals surface area contributed by atoms with Crippen molar-refractivity contribution in [3.8, 4) is 12.3 Å². The highest BCUT2D eigenvalue weighted by atomic mass is 15.1. The Kier molecular flexibility index (Phi) is 6.52. The second-order valence-electron chi connectivity index (χ2n) is 4.95. The first-order valence-electron chi connectivity index (χ1n) is 6.64. The summed E-state index contributed by atoms with van der Waals surface area (Å²) in [5.41, 5.74) is 0. The van der Waals surface area contributed by atoms with Crippen LogP contribution in [-0.2, 0) is 0 Å². The summed E-state index contributed by atoms with van der Waals surface area (Å²) < 4.78 is 0. The molecule has 1 rings (SSSR count). The highest BCUT2D eigenvalue weighted by Gasteiger charge is 2.19. The summed E-state index contributed by atoms with van der Waals surface area (Å²) >= 11 is 0. The minimum Gasteiger partial charge on any atom is -0.316 e. The Morgan fingerprint density at radius 2 is 2.38 bits per heavy atom. The van der Waals surface area contributed by atoms with E-state index >= 15 is 0 Å². The number of nitrogens with one attached hydrogen (secondary N) is 1. The lowest BCUT2D eigenvalue weighted by Crippen LogP contribution is -2.35. The van der Waals surface area contributed by atoms with E-state index in [1.54, 1.807) is 0 Å². The number of piperidine rings is 1. The van der Waals surface area contributed by atoms with Gasteiger partial charge in [0.25, 0.3) is 0 Å². The van der Waals surface area contributed by atoms with Gasteiger partial charge in [0, 0.05) is 0 Å². The Bertz CT molecular complexity index is 213. The van der Waals surface area contributed by atoms with E-state index in [1.165, 1.54) is 32.4 Å². The van der Waals surface area contributed by atoms with Gasteiger partial charge in [0.1, 0.15) is 0 Å². The molecule has 0 radical (unpaired) electrons. The number of hydrogen-bond donors (Lipinski definition) is 1. The van der Waals surface area contributed by atoms with Crippen LogP contribution < -0.4 is 5.32 Å². The third-order valence-corrected chi connectivity index (χ3v) is 3.80. The number of rotatable bonds is 6. The maximum Gasteiger partial charge on any atom is 0.0598 e. The normalized spacial score (nSPS) is 23.0. The fraction of sp³-hybridized carbons (Fsp3) is 0.857. The van der Waals surface area contributed by atoms with Crippen molar-refractivity contribution >= 4 is 0 Å². The molecule has 92 valence electrons. The van der Waals surface area contributed by atoms with Gasteiger partial charge in [-0.15, -0.1) is 6.42 Å². The van der Waals surface area contributed by atoms with E-state index in [-0.39, 0.29) is 0 Å². The summed E-state index contributed by atoms with van der Waals surface area (Å²) in [6, 6.07) is 0. The first-order valence-corrected chi connectivity index (χ1v) is 6.64. The molecule has 16 heavy (non-hydrogen) atoms. The Balaban J connectivity index is 2.22. The van der Waals surface area contributed by atoms with Crippen LogP contribution in [0.1, 0.15) is 33.1 Å². The zero-order chi connectivity index (χ0) is 11.8. The van der Waals surface area contributed by atoms with Crippen LogP contribution >= 0.6 is 0 Å². The van der Waals surface area contributed by atoms with Gasteiger partial charge in [0.15, 0.2) is 0 Å². The van der Waals surface area contributed by atoms with Gasteiger partial charge in [0.2, 0.25) is 0 Å². The van der Waals surface area contributed by atoms with Crippen molar-refractivity contribution in [2.75, 3.05) is 32.7 Å². The minimum absolute atomic E-state index is 0.798. The Morgan fingerprint density at radius 3 is 2.94 bits per heavy atom. The predicted octanol–water partition coefficient (Wildman–Crippen LogP) is 1.97. The molecular formula is C14H26N2. The van der Waals surface area contributed by atoms with E-state index < -0.39 is 0 Å². The molecule has 1 N–H and O–H groups in total. The second kappa shape index (κ2) is 7.70. The first kappa shape index (κ1) is 13.5. The molecule has 0 aromatic rings. The first-order chi connectivity index (χ1) is 7.77. The molecule has 1 heterocycles. The van der Waals surface area contributed by atoms with Crippen LogP contribution in [0.2, 0.25) is 0 Å². The van der Waals surface area contributed by atoms with E-state index in [0.717, 1.165) is 31.5 Å². The van der Waals surface area contributed by atoms with Crippen molar-refractivity contribution < 1.29 is 0 Å². The molecule has 2 atom stereocenters. The highest BCUT2D eigenvalue weighted by Crippen LogP contribution is 2.22. The van der Waals surface area contributed by atoms with E-state index in [4.69, 9.17) is 6.42 Å². The summed E-state index contributed by atoms with van der Waals surface area (Å²) in [6.45, 7) is 10.0. The van der Waals surface area contributed by atoms with Crippen molar-refractivity contribution in [3.05, 3.63) is 0 Å².